The lowest BCUT2D eigenvalue weighted by Gasteiger charge is -2.40. The Balaban J connectivity index is 1.36. The van der Waals surface area contributed by atoms with Crippen molar-refractivity contribution in [1.29, 1.82) is 0 Å². The number of carbonyl (C=O) groups is 1. The minimum atomic E-state index is 0.0694. The maximum Gasteiger partial charge on any atom is 0.274 e. The van der Waals surface area contributed by atoms with E-state index < -0.39 is 0 Å². The maximum absolute atomic E-state index is 13.2. The summed E-state index contributed by atoms with van der Waals surface area (Å²) in [4.78, 5) is 22.5. The Hall–Kier alpha value is -1.95. The number of rotatable bonds is 3. The normalized spacial score (nSPS) is 26.4. The monoisotopic (exact) mass is 367 g/mol. The van der Waals surface area contributed by atoms with Gasteiger partial charge in [0.1, 0.15) is 0 Å². The molecule has 6 nitrogen and oxygen atoms in total. The quantitative estimate of drug-likeness (QED) is 0.837. The number of nitrogens with zero attached hydrogens (tertiary/aromatic N) is 5. The average Bonchev–Trinajstić information content (AvgIpc) is 2.82. The Labute approximate surface area is 160 Å². The number of hydrogen-bond acceptors (Lipinski definition) is 4. The zero-order valence-electron chi connectivity index (χ0n) is 16.4. The highest BCUT2D eigenvalue weighted by Crippen LogP contribution is 2.33. The van der Waals surface area contributed by atoms with Gasteiger partial charge in [0.25, 0.3) is 5.91 Å². The van der Waals surface area contributed by atoms with Crippen LogP contribution in [0.4, 0.5) is 0 Å². The molecule has 2 aromatic rings. The standard InChI is InChI=1S/C21H29N5O/c1-14-8-15(2)26-20(22-14)9-19(23-26)21(27)25-12-17-6-7-18(13-25)24(11-17)10-16-4-3-5-16/h8-9,16-18H,3-7,10-13H2,1-2H3/t17-,18-/m0/s1. The van der Waals surface area contributed by atoms with Gasteiger partial charge in [0.05, 0.1) is 0 Å². The number of carbonyl (C=O) groups excluding carboxylic acids is 1. The third-order valence-electron chi connectivity index (χ3n) is 6.78. The van der Waals surface area contributed by atoms with Crippen LogP contribution in [0.2, 0.25) is 0 Å². The van der Waals surface area contributed by atoms with E-state index in [2.05, 4.69) is 19.9 Å². The highest BCUT2D eigenvalue weighted by atomic mass is 16.2. The summed E-state index contributed by atoms with van der Waals surface area (Å²) in [5.74, 6) is 1.57. The molecule has 0 unspecified atom stereocenters. The van der Waals surface area contributed by atoms with Crippen LogP contribution in [0.5, 0.6) is 0 Å². The molecule has 0 radical (unpaired) electrons. The molecule has 6 rings (SSSR count). The van der Waals surface area contributed by atoms with Gasteiger partial charge >= 0.3 is 0 Å². The van der Waals surface area contributed by atoms with Gasteiger partial charge in [-0.2, -0.15) is 5.10 Å². The summed E-state index contributed by atoms with van der Waals surface area (Å²) in [6, 6.07) is 4.37. The lowest BCUT2D eigenvalue weighted by atomic mass is 9.83. The van der Waals surface area contributed by atoms with E-state index in [-0.39, 0.29) is 5.91 Å². The van der Waals surface area contributed by atoms with Gasteiger partial charge < -0.3 is 4.90 Å². The molecule has 5 heterocycles. The van der Waals surface area contributed by atoms with E-state index in [4.69, 9.17) is 0 Å². The number of amides is 1. The number of hydrogen-bond donors (Lipinski definition) is 0. The molecule has 2 atom stereocenters. The van der Waals surface area contributed by atoms with E-state index in [1.54, 1.807) is 4.52 Å². The second-order valence-electron chi connectivity index (χ2n) is 8.90. The van der Waals surface area contributed by atoms with Crippen molar-refractivity contribution in [1.82, 2.24) is 24.4 Å². The van der Waals surface area contributed by atoms with Crippen molar-refractivity contribution in [3.8, 4) is 0 Å². The number of aromatic nitrogens is 3. The van der Waals surface area contributed by atoms with Crippen LogP contribution in [0, 0.1) is 25.7 Å². The van der Waals surface area contributed by atoms with Gasteiger partial charge in [0.15, 0.2) is 11.3 Å². The van der Waals surface area contributed by atoms with Crippen molar-refractivity contribution in [2.75, 3.05) is 26.2 Å². The summed E-state index contributed by atoms with van der Waals surface area (Å²) >= 11 is 0. The second kappa shape index (κ2) is 6.59. The summed E-state index contributed by atoms with van der Waals surface area (Å²) in [6.07, 6.45) is 6.66. The van der Waals surface area contributed by atoms with Gasteiger partial charge in [-0.1, -0.05) is 6.42 Å². The van der Waals surface area contributed by atoms with Crippen LogP contribution >= 0.6 is 0 Å². The van der Waals surface area contributed by atoms with E-state index in [1.165, 1.54) is 38.6 Å². The smallest absolute Gasteiger partial charge is 0.274 e. The molecule has 2 bridgehead atoms. The van der Waals surface area contributed by atoms with Gasteiger partial charge in [-0.25, -0.2) is 9.50 Å². The van der Waals surface area contributed by atoms with Crippen LogP contribution in [0.25, 0.3) is 5.65 Å². The van der Waals surface area contributed by atoms with Gasteiger partial charge in [0.2, 0.25) is 0 Å². The Bertz CT molecular complexity index is 871. The van der Waals surface area contributed by atoms with Gasteiger partial charge in [0, 0.05) is 49.7 Å². The van der Waals surface area contributed by atoms with Crippen LogP contribution in [0.15, 0.2) is 12.1 Å². The molecular formula is C21H29N5O. The van der Waals surface area contributed by atoms with Crippen LogP contribution in [-0.4, -0.2) is 62.5 Å². The summed E-state index contributed by atoms with van der Waals surface area (Å²) in [6.45, 7) is 8.10. The topological polar surface area (TPSA) is 53.7 Å². The first-order valence-electron chi connectivity index (χ1n) is 10.4. The molecule has 0 spiro atoms. The molecule has 6 heteroatoms. The molecule has 1 aliphatic carbocycles. The molecule has 4 fully saturated rings. The van der Waals surface area contributed by atoms with Gasteiger partial charge in [-0.3, -0.25) is 9.69 Å². The number of fused-ring (bicyclic) bond motifs is 5. The molecule has 1 saturated carbocycles. The molecular weight excluding hydrogens is 338 g/mol. The SMILES string of the molecule is Cc1cc(C)n2nc(C(=O)N3C[C@H]4CC[C@@H](C3)N(CC3CCC3)C4)cc2n1. The Morgan fingerprint density at radius 3 is 2.74 bits per heavy atom. The van der Waals surface area contributed by atoms with E-state index >= 15 is 0 Å². The molecule has 144 valence electrons. The van der Waals surface area contributed by atoms with E-state index in [0.717, 1.165) is 42.6 Å². The predicted molar refractivity (Wildman–Crippen MR) is 104 cm³/mol. The first kappa shape index (κ1) is 17.2. The first-order valence-corrected chi connectivity index (χ1v) is 10.4. The molecule has 0 aromatic carbocycles. The van der Waals surface area contributed by atoms with E-state index in [9.17, 15) is 4.79 Å². The van der Waals surface area contributed by atoms with Crippen molar-refractivity contribution in [2.45, 2.75) is 52.0 Å². The lowest BCUT2D eigenvalue weighted by molar-refractivity contribution is 0.0711. The summed E-state index contributed by atoms with van der Waals surface area (Å²) in [5, 5.41) is 4.57. The summed E-state index contributed by atoms with van der Waals surface area (Å²) in [5.41, 5.74) is 3.26. The largest absolute Gasteiger partial charge is 0.335 e. The molecule has 1 amide bonds. The summed E-state index contributed by atoms with van der Waals surface area (Å²) < 4.78 is 1.79. The van der Waals surface area contributed by atoms with Crippen molar-refractivity contribution >= 4 is 11.6 Å². The van der Waals surface area contributed by atoms with Crippen molar-refractivity contribution in [2.24, 2.45) is 11.8 Å². The predicted octanol–water partition coefficient (Wildman–Crippen LogP) is 2.68. The molecule has 2 aromatic heterocycles. The third-order valence-corrected chi connectivity index (χ3v) is 6.78. The minimum Gasteiger partial charge on any atom is -0.335 e. The van der Waals surface area contributed by atoms with Crippen LogP contribution in [-0.2, 0) is 0 Å². The van der Waals surface area contributed by atoms with Crippen molar-refractivity contribution < 1.29 is 4.79 Å². The van der Waals surface area contributed by atoms with Gasteiger partial charge in [-0.05, 0) is 57.4 Å². The Morgan fingerprint density at radius 2 is 1.96 bits per heavy atom. The molecule has 3 aliphatic heterocycles. The van der Waals surface area contributed by atoms with Crippen LogP contribution < -0.4 is 0 Å². The average molecular weight is 367 g/mol. The second-order valence-corrected chi connectivity index (χ2v) is 8.90. The first-order chi connectivity index (χ1) is 13.1. The fraction of sp³-hybridized carbons (Fsp3) is 0.667. The molecule has 27 heavy (non-hydrogen) atoms. The Kier molecular flexibility index (Phi) is 4.19. The Morgan fingerprint density at radius 1 is 1.11 bits per heavy atom. The van der Waals surface area contributed by atoms with Crippen molar-refractivity contribution in [3.63, 3.8) is 0 Å². The fourth-order valence-electron chi connectivity index (χ4n) is 5.13. The highest BCUT2D eigenvalue weighted by Gasteiger charge is 2.38. The maximum atomic E-state index is 13.2. The van der Waals surface area contributed by atoms with Crippen LogP contribution in [0.1, 0.15) is 54.0 Å². The zero-order valence-corrected chi connectivity index (χ0v) is 16.4. The van der Waals surface area contributed by atoms with Crippen molar-refractivity contribution in [3.05, 3.63) is 29.2 Å². The zero-order chi connectivity index (χ0) is 18.5. The lowest BCUT2D eigenvalue weighted by Crippen LogP contribution is -2.47. The molecule has 4 aliphatic rings. The number of aryl methyl sites for hydroxylation is 2. The number of piperidine rings is 1. The van der Waals surface area contributed by atoms with E-state index in [1.807, 2.05) is 26.0 Å². The third kappa shape index (κ3) is 3.14. The molecule has 3 saturated heterocycles. The van der Waals surface area contributed by atoms with Gasteiger partial charge in [-0.15, -0.1) is 0 Å². The molecule has 0 N–H and O–H groups in total. The highest BCUT2D eigenvalue weighted by molar-refractivity contribution is 5.93. The fourth-order valence-corrected chi connectivity index (χ4v) is 5.13. The van der Waals surface area contributed by atoms with Crippen LogP contribution in [0.3, 0.4) is 0 Å². The minimum absolute atomic E-state index is 0.0694. The summed E-state index contributed by atoms with van der Waals surface area (Å²) in [7, 11) is 0. The van der Waals surface area contributed by atoms with E-state index in [0.29, 0.717) is 17.7 Å².